The number of anilines is 1. The lowest BCUT2D eigenvalue weighted by Gasteiger charge is -2.08. The van der Waals surface area contributed by atoms with Crippen molar-refractivity contribution in [1.29, 1.82) is 0 Å². The zero-order valence-corrected chi connectivity index (χ0v) is 12.6. The van der Waals surface area contributed by atoms with E-state index < -0.39 is 0 Å². The molecule has 1 aromatic rings. The molecule has 0 saturated heterocycles. The number of carbonyl (C=O) groups is 1. The second kappa shape index (κ2) is 9.31. The Kier molecular flexibility index (Phi) is 7.65. The Balaban J connectivity index is 2.27. The molecule has 0 aliphatic rings. The molecule has 1 aromatic heterocycles. The summed E-state index contributed by atoms with van der Waals surface area (Å²) in [5, 5.41) is 6.00. The smallest absolute Gasteiger partial charge is 0.269 e. The van der Waals surface area contributed by atoms with Gasteiger partial charge >= 0.3 is 0 Å². The lowest BCUT2D eigenvalue weighted by molar-refractivity contribution is 0.0920. The summed E-state index contributed by atoms with van der Waals surface area (Å²) in [6.07, 6.45) is 2.45. The second-order valence-corrected chi connectivity index (χ2v) is 5.04. The van der Waals surface area contributed by atoms with Crippen LogP contribution in [0.25, 0.3) is 0 Å². The normalized spacial score (nSPS) is 10.6. The molecule has 0 unspecified atom stereocenters. The zero-order chi connectivity index (χ0) is 14.8. The van der Waals surface area contributed by atoms with Crippen LogP contribution in [0.1, 0.15) is 37.7 Å². The quantitative estimate of drug-likeness (QED) is 0.681. The molecular formula is C15H25N3O2. The first kappa shape index (κ1) is 16.4. The van der Waals surface area contributed by atoms with Gasteiger partial charge < -0.3 is 15.4 Å². The molecule has 0 aromatic carbocycles. The minimum atomic E-state index is -0.145. The van der Waals surface area contributed by atoms with Crippen LogP contribution >= 0.6 is 0 Å². The van der Waals surface area contributed by atoms with Crippen LogP contribution < -0.4 is 10.6 Å². The maximum Gasteiger partial charge on any atom is 0.269 e. The molecule has 112 valence electrons. The molecule has 1 rings (SSSR count). The third-order valence-electron chi connectivity index (χ3n) is 2.58. The molecule has 1 heterocycles. The van der Waals surface area contributed by atoms with Crippen molar-refractivity contribution in [3.63, 3.8) is 0 Å². The van der Waals surface area contributed by atoms with Gasteiger partial charge in [0, 0.05) is 38.2 Å². The van der Waals surface area contributed by atoms with Crippen molar-refractivity contribution < 1.29 is 9.53 Å². The van der Waals surface area contributed by atoms with Gasteiger partial charge in [-0.1, -0.05) is 13.8 Å². The van der Waals surface area contributed by atoms with E-state index in [4.69, 9.17) is 4.74 Å². The first-order valence-corrected chi connectivity index (χ1v) is 7.19. The summed E-state index contributed by atoms with van der Waals surface area (Å²) in [7, 11) is 0. The van der Waals surface area contributed by atoms with Crippen LogP contribution in [0.4, 0.5) is 5.69 Å². The Morgan fingerprint density at radius 1 is 1.45 bits per heavy atom. The van der Waals surface area contributed by atoms with Crippen molar-refractivity contribution in [3.8, 4) is 0 Å². The fourth-order valence-electron chi connectivity index (χ4n) is 1.65. The van der Waals surface area contributed by atoms with Gasteiger partial charge in [0.25, 0.3) is 5.91 Å². The molecule has 5 heteroatoms. The maximum atomic E-state index is 11.9. The predicted octanol–water partition coefficient (Wildman–Crippen LogP) is 2.31. The highest BCUT2D eigenvalue weighted by molar-refractivity contribution is 5.93. The van der Waals surface area contributed by atoms with Crippen LogP contribution in [-0.2, 0) is 4.74 Å². The molecule has 0 spiro atoms. The van der Waals surface area contributed by atoms with Gasteiger partial charge in [-0.05, 0) is 31.4 Å². The van der Waals surface area contributed by atoms with Gasteiger partial charge in [-0.25, -0.2) is 0 Å². The van der Waals surface area contributed by atoms with Crippen molar-refractivity contribution in [2.75, 3.05) is 31.6 Å². The van der Waals surface area contributed by atoms with Crippen molar-refractivity contribution in [2.24, 2.45) is 5.92 Å². The fourth-order valence-corrected chi connectivity index (χ4v) is 1.65. The minimum absolute atomic E-state index is 0.145. The highest BCUT2D eigenvalue weighted by Crippen LogP contribution is 2.07. The Morgan fingerprint density at radius 2 is 2.25 bits per heavy atom. The monoisotopic (exact) mass is 279 g/mol. The largest absolute Gasteiger partial charge is 0.385 e. The van der Waals surface area contributed by atoms with E-state index in [1.807, 2.05) is 13.0 Å². The zero-order valence-electron chi connectivity index (χ0n) is 12.6. The van der Waals surface area contributed by atoms with Gasteiger partial charge in [-0.2, -0.15) is 0 Å². The third-order valence-corrected chi connectivity index (χ3v) is 2.58. The average molecular weight is 279 g/mol. The minimum Gasteiger partial charge on any atom is -0.385 e. The van der Waals surface area contributed by atoms with E-state index in [9.17, 15) is 4.79 Å². The van der Waals surface area contributed by atoms with Crippen LogP contribution in [-0.4, -0.2) is 37.2 Å². The average Bonchev–Trinajstić information content (AvgIpc) is 2.43. The standard InChI is InChI=1S/C15H25N3O2/c1-4-16-13-6-8-17-14(10-13)15(19)18-7-5-9-20-11-12(2)3/h6,8,10,12H,4-5,7,9,11H2,1-3H3,(H,16,17)(H,18,19). The Labute approximate surface area is 121 Å². The lowest BCUT2D eigenvalue weighted by atomic mass is 10.2. The number of hydrogen-bond acceptors (Lipinski definition) is 4. The van der Waals surface area contributed by atoms with E-state index in [-0.39, 0.29) is 5.91 Å². The molecule has 20 heavy (non-hydrogen) atoms. The van der Waals surface area contributed by atoms with Crippen molar-refractivity contribution >= 4 is 11.6 Å². The van der Waals surface area contributed by atoms with Gasteiger partial charge in [-0.15, -0.1) is 0 Å². The Bertz CT molecular complexity index is 408. The van der Waals surface area contributed by atoms with Crippen LogP contribution in [0.15, 0.2) is 18.3 Å². The van der Waals surface area contributed by atoms with Crippen molar-refractivity contribution in [2.45, 2.75) is 27.2 Å². The van der Waals surface area contributed by atoms with Crippen molar-refractivity contribution in [3.05, 3.63) is 24.0 Å². The van der Waals surface area contributed by atoms with E-state index in [1.54, 1.807) is 12.3 Å². The number of hydrogen-bond donors (Lipinski definition) is 2. The van der Waals surface area contributed by atoms with E-state index in [1.165, 1.54) is 0 Å². The van der Waals surface area contributed by atoms with Gasteiger partial charge in [0.2, 0.25) is 0 Å². The number of pyridine rings is 1. The van der Waals surface area contributed by atoms with Crippen LogP contribution in [0.5, 0.6) is 0 Å². The second-order valence-electron chi connectivity index (χ2n) is 5.04. The summed E-state index contributed by atoms with van der Waals surface area (Å²) >= 11 is 0. The number of amides is 1. The molecule has 5 nitrogen and oxygen atoms in total. The van der Waals surface area contributed by atoms with Gasteiger partial charge in [0.15, 0.2) is 0 Å². The molecule has 0 aliphatic carbocycles. The SMILES string of the molecule is CCNc1ccnc(C(=O)NCCCOCC(C)C)c1. The van der Waals surface area contributed by atoms with Gasteiger partial charge in [0.1, 0.15) is 5.69 Å². The Hall–Kier alpha value is -1.62. The molecule has 0 atom stereocenters. The maximum absolute atomic E-state index is 11.9. The van der Waals surface area contributed by atoms with Crippen molar-refractivity contribution in [1.82, 2.24) is 10.3 Å². The Morgan fingerprint density at radius 3 is 2.95 bits per heavy atom. The molecule has 0 bridgehead atoms. The summed E-state index contributed by atoms with van der Waals surface area (Å²) < 4.78 is 5.46. The predicted molar refractivity (Wildman–Crippen MR) is 81.0 cm³/mol. The number of aromatic nitrogens is 1. The van der Waals surface area contributed by atoms with E-state index in [0.29, 0.717) is 24.8 Å². The summed E-state index contributed by atoms with van der Waals surface area (Å²) in [5.41, 5.74) is 1.35. The fraction of sp³-hybridized carbons (Fsp3) is 0.600. The summed E-state index contributed by atoms with van der Waals surface area (Å²) in [5.74, 6) is 0.399. The van der Waals surface area contributed by atoms with E-state index >= 15 is 0 Å². The van der Waals surface area contributed by atoms with Gasteiger partial charge in [0.05, 0.1) is 0 Å². The van der Waals surface area contributed by atoms with Gasteiger partial charge in [-0.3, -0.25) is 9.78 Å². The van der Waals surface area contributed by atoms with E-state index in [0.717, 1.165) is 25.3 Å². The first-order chi connectivity index (χ1) is 9.63. The topological polar surface area (TPSA) is 63.2 Å². The summed E-state index contributed by atoms with van der Waals surface area (Å²) in [6, 6.07) is 3.61. The van der Waals surface area contributed by atoms with E-state index in [2.05, 4.69) is 29.5 Å². The highest BCUT2D eigenvalue weighted by atomic mass is 16.5. The lowest BCUT2D eigenvalue weighted by Crippen LogP contribution is -2.26. The molecule has 0 fully saturated rings. The molecule has 2 N–H and O–H groups in total. The third kappa shape index (κ3) is 6.52. The summed E-state index contributed by atoms with van der Waals surface area (Å²) in [4.78, 5) is 16.0. The number of nitrogens with one attached hydrogen (secondary N) is 2. The van der Waals surface area contributed by atoms with Crippen LogP contribution in [0, 0.1) is 5.92 Å². The first-order valence-electron chi connectivity index (χ1n) is 7.19. The number of nitrogens with zero attached hydrogens (tertiary/aromatic N) is 1. The number of rotatable bonds is 9. The molecular weight excluding hydrogens is 254 g/mol. The molecule has 1 amide bonds. The highest BCUT2D eigenvalue weighted by Gasteiger charge is 2.06. The van der Waals surface area contributed by atoms with Crippen LogP contribution in [0.3, 0.4) is 0 Å². The van der Waals surface area contributed by atoms with Crippen LogP contribution in [0.2, 0.25) is 0 Å². The number of ether oxygens (including phenoxy) is 1. The molecule has 0 saturated carbocycles. The molecule has 0 radical (unpaired) electrons. The number of carbonyl (C=O) groups excluding carboxylic acids is 1. The molecule has 0 aliphatic heterocycles. The summed E-state index contributed by atoms with van der Waals surface area (Å²) in [6.45, 7) is 9.10.